The van der Waals surface area contributed by atoms with Crippen molar-refractivity contribution in [3.05, 3.63) is 28.8 Å². The summed E-state index contributed by atoms with van der Waals surface area (Å²) < 4.78 is 0. The average molecular weight is 266 g/mol. The molecule has 0 spiro atoms. The molecule has 1 aromatic rings. The molecule has 0 saturated heterocycles. The molecule has 0 aliphatic rings. The summed E-state index contributed by atoms with van der Waals surface area (Å²) in [5.74, 6) is 0.171. The first-order valence-electron chi connectivity index (χ1n) is 3.85. The second-order valence-electron chi connectivity index (χ2n) is 2.79. The molecule has 0 aliphatic carbocycles. The fourth-order valence-corrected chi connectivity index (χ4v) is 1.45. The molecule has 4 heteroatoms. The quantitative estimate of drug-likeness (QED) is 0.824. The lowest BCUT2D eigenvalue weighted by Crippen LogP contribution is -2.11. The van der Waals surface area contributed by atoms with E-state index >= 15 is 0 Å². The van der Waals surface area contributed by atoms with Crippen molar-refractivity contribution in [2.24, 2.45) is 0 Å². The number of aliphatic hydroxyl groups excluding tert-OH is 1. The number of aliphatic hydroxyl groups is 1. The number of hydrogen-bond donors (Lipinski definition) is 2. The maximum Gasteiger partial charge on any atom is 0.118 e. The molecule has 0 aromatic heterocycles. The van der Waals surface area contributed by atoms with Gasteiger partial charge < -0.3 is 10.2 Å². The van der Waals surface area contributed by atoms with Gasteiger partial charge in [0.2, 0.25) is 0 Å². The van der Waals surface area contributed by atoms with Gasteiger partial charge in [-0.2, -0.15) is 0 Å². The van der Waals surface area contributed by atoms with Crippen LogP contribution in [0, 0.1) is 0 Å². The predicted molar refractivity (Wildman–Crippen MR) is 56.6 cm³/mol. The first kappa shape index (κ1) is 10.8. The standard InChI is InChI=1S/C9H10BrClO2/c10-5-8(12)4-6-3-7(11)1-2-9(6)13/h1-3,8,12-13H,4-5H2/t8-/m0/s1. The highest BCUT2D eigenvalue weighted by Gasteiger charge is 2.07. The molecule has 1 aromatic carbocycles. The lowest BCUT2D eigenvalue weighted by Gasteiger charge is -2.08. The maximum absolute atomic E-state index is 9.39. The van der Waals surface area contributed by atoms with Crippen molar-refractivity contribution < 1.29 is 10.2 Å². The van der Waals surface area contributed by atoms with Gasteiger partial charge in [-0.1, -0.05) is 27.5 Å². The molecule has 13 heavy (non-hydrogen) atoms. The summed E-state index contributed by atoms with van der Waals surface area (Å²) in [4.78, 5) is 0. The van der Waals surface area contributed by atoms with E-state index in [0.29, 0.717) is 22.3 Å². The third kappa shape index (κ3) is 3.18. The maximum atomic E-state index is 9.39. The molecule has 0 unspecified atom stereocenters. The molecule has 1 atom stereocenters. The monoisotopic (exact) mass is 264 g/mol. The van der Waals surface area contributed by atoms with Crippen LogP contribution < -0.4 is 0 Å². The lowest BCUT2D eigenvalue weighted by atomic mass is 10.1. The molecule has 0 amide bonds. The van der Waals surface area contributed by atoms with Crippen LogP contribution >= 0.6 is 27.5 Å². The second-order valence-corrected chi connectivity index (χ2v) is 3.87. The van der Waals surface area contributed by atoms with E-state index in [1.807, 2.05) is 0 Å². The van der Waals surface area contributed by atoms with Gasteiger partial charge in [-0.25, -0.2) is 0 Å². The zero-order valence-electron chi connectivity index (χ0n) is 6.87. The molecule has 2 nitrogen and oxygen atoms in total. The number of aromatic hydroxyl groups is 1. The minimum Gasteiger partial charge on any atom is -0.508 e. The molecule has 0 saturated carbocycles. The molecule has 0 aliphatic heterocycles. The average Bonchev–Trinajstić information content (AvgIpc) is 2.11. The van der Waals surface area contributed by atoms with Gasteiger partial charge in [0.1, 0.15) is 5.75 Å². The summed E-state index contributed by atoms with van der Waals surface area (Å²) in [6, 6.07) is 4.79. The smallest absolute Gasteiger partial charge is 0.118 e. The van der Waals surface area contributed by atoms with Crippen molar-refractivity contribution in [3.8, 4) is 5.75 Å². The Morgan fingerprint density at radius 1 is 1.46 bits per heavy atom. The van der Waals surface area contributed by atoms with Crippen molar-refractivity contribution >= 4 is 27.5 Å². The Bertz CT molecular complexity index is 291. The third-order valence-electron chi connectivity index (χ3n) is 1.68. The van der Waals surface area contributed by atoms with E-state index in [4.69, 9.17) is 11.6 Å². The highest BCUT2D eigenvalue weighted by atomic mass is 79.9. The molecular formula is C9H10BrClO2. The summed E-state index contributed by atoms with van der Waals surface area (Å²) in [7, 11) is 0. The van der Waals surface area contributed by atoms with Crippen LogP contribution in [0.4, 0.5) is 0 Å². The highest BCUT2D eigenvalue weighted by molar-refractivity contribution is 9.09. The number of hydrogen-bond acceptors (Lipinski definition) is 2. The van der Waals surface area contributed by atoms with Crippen molar-refractivity contribution in [1.82, 2.24) is 0 Å². The third-order valence-corrected chi connectivity index (χ3v) is 2.66. The van der Waals surface area contributed by atoms with Gasteiger partial charge >= 0.3 is 0 Å². The van der Waals surface area contributed by atoms with Crippen molar-refractivity contribution in [3.63, 3.8) is 0 Å². The van der Waals surface area contributed by atoms with E-state index in [0.717, 1.165) is 0 Å². The number of alkyl halides is 1. The first-order valence-corrected chi connectivity index (χ1v) is 5.35. The molecule has 0 radical (unpaired) electrons. The molecule has 0 fully saturated rings. The lowest BCUT2D eigenvalue weighted by molar-refractivity contribution is 0.200. The Morgan fingerprint density at radius 3 is 2.77 bits per heavy atom. The molecule has 72 valence electrons. The van der Waals surface area contributed by atoms with Gasteiger partial charge in [0, 0.05) is 16.8 Å². The Morgan fingerprint density at radius 2 is 2.15 bits per heavy atom. The fraction of sp³-hybridized carbons (Fsp3) is 0.333. The molecule has 0 bridgehead atoms. The minimum atomic E-state index is -0.496. The topological polar surface area (TPSA) is 40.5 Å². The number of halogens is 2. The molecule has 0 heterocycles. The molecular weight excluding hydrogens is 255 g/mol. The zero-order chi connectivity index (χ0) is 9.84. The van der Waals surface area contributed by atoms with Crippen molar-refractivity contribution in [1.29, 1.82) is 0 Å². The summed E-state index contributed by atoms with van der Waals surface area (Å²) in [6.45, 7) is 0. The molecule has 1 rings (SSSR count). The van der Waals surface area contributed by atoms with Gasteiger partial charge in [-0.3, -0.25) is 0 Å². The minimum absolute atomic E-state index is 0.171. The Labute approximate surface area is 90.3 Å². The predicted octanol–water partition coefficient (Wildman–Crippen LogP) is 2.34. The van der Waals surface area contributed by atoms with Gasteiger partial charge in [0.05, 0.1) is 6.10 Å². The summed E-state index contributed by atoms with van der Waals surface area (Å²) >= 11 is 8.89. The van der Waals surface area contributed by atoms with Crippen molar-refractivity contribution in [2.75, 3.05) is 5.33 Å². The summed E-state index contributed by atoms with van der Waals surface area (Å²) in [5, 5.41) is 19.8. The van der Waals surface area contributed by atoms with Crippen LogP contribution in [0.1, 0.15) is 5.56 Å². The number of rotatable bonds is 3. The fourth-order valence-electron chi connectivity index (χ4n) is 1.03. The largest absolute Gasteiger partial charge is 0.508 e. The normalized spacial score (nSPS) is 12.8. The van der Waals surface area contributed by atoms with Crippen LogP contribution in [0.25, 0.3) is 0 Å². The van der Waals surface area contributed by atoms with Crippen LogP contribution in [0.3, 0.4) is 0 Å². The van der Waals surface area contributed by atoms with Gasteiger partial charge in [-0.15, -0.1) is 0 Å². The highest BCUT2D eigenvalue weighted by Crippen LogP contribution is 2.22. The van der Waals surface area contributed by atoms with Crippen LogP contribution in [0.5, 0.6) is 5.75 Å². The van der Waals surface area contributed by atoms with Gasteiger partial charge in [0.15, 0.2) is 0 Å². The summed E-state index contributed by atoms with van der Waals surface area (Å²) in [6.07, 6.45) is -0.0955. The van der Waals surface area contributed by atoms with Gasteiger partial charge in [0.25, 0.3) is 0 Å². The Balaban J connectivity index is 2.81. The second kappa shape index (κ2) is 4.84. The number of benzene rings is 1. The zero-order valence-corrected chi connectivity index (χ0v) is 9.22. The SMILES string of the molecule is Oc1ccc(Cl)cc1C[C@H](O)CBr. The van der Waals surface area contributed by atoms with Crippen LogP contribution in [-0.2, 0) is 6.42 Å². The number of phenols is 1. The number of phenolic OH excluding ortho intramolecular Hbond substituents is 1. The molecule has 2 N–H and O–H groups in total. The van der Waals surface area contributed by atoms with E-state index in [-0.39, 0.29) is 5.75 Å². The van der Waals surface area contributed by atoms with Crippen LogP contribution in [0.2, 0.25) is 5.02 Å². The van der Waals surface area contributed by atoms with E-state index in [1.54, 1.807) is 12.1 Å². The Kier molecular flexibility index (Phi) is 4.03. The van der Waals surface area contributed by atoms with E-state index < -0.39 is 6.10 Å². The first-order chi connectivity index (χ1) is 6.13. The van der Waals surface area contributed by atoms with E-state index in [2.05, 4.69) is 15.9 Å². The summed E-state index contributed by atoms with van der Waals surface area (Å²) in [5.41, 5.74) is 0.666. The van der Waals surface area contributed by atoms with Crippen molar-refractivity contribution in [2.45, 2.75) is 12.5 Å². The Hall–Kier alpha value is -0.250. The van der Waals surface area contributed by atoms with Crippen LogP contribution in [-0.4, -0.2) is 21.6 Å². The van der Waals surface area contributed by atoms with E-state index in [9.17, 15) is 10.2 Å². The van der Waals surface area contributed by atoms with Gasteiger partial charge in [-0.05, 0) is 23.8 Å². The van der Waals surface area contributed by atoms with E-state index in [1.165, 1.54) is 6.07 Å². The van der Waals surface area contributed by atoms with Crippen LogP contribution in [0.15, 0.2) is 18.2 Å².